The highest BCUT2D eigenvalue weighted by atomic mass is 16.4. The van der Waals surface area contributed by atoms with Crippen LogP contribution in [0.2, 0.25) is 0 Å². The number of rotatable bonds is 8. The Morgan fingerprint density at radius 1 is 1.26 bits per heavy atom. The summed E-state index contributed by atoms with van der Waals surface area (Å²) in [6.07, 6.45) is 1.59. The maximum atomic E-state index is 11.8. The predicted octanol–water partition coefficient (Wildman–Crippen LogP) is 2.42. The largest absolute Gasteiger partial charge is 0.481 e. The highest BCUT2D eigenvalue weighted by Gasteiger charge is 2.20. The van der Waals surface area contributed by atoms with Gasteiger partial charge < -0.3 is 15.3 Å². The van der Waals surface area contributed by atoms with Crippen LogP contribution in [-0.2, 0) is 4.79 Å². The molecule has 0 radical (unpaired) electrons. The fourth-order valence-electron chi connectivity index (χ4n) is 1.87. The highest BCUT2D eigenvalue weighted by molar-refractivity contribution is 5.75. The molecule has 0 spiro atoms. The van der Waals surface area contributed by atoms with E-state index in [2.05, 4.69) is 19.2 Å². The van der Waals surface area contributed by atoms with Crippen LogP contribution < -0.4 is 5.32 Å². The Hall–Kier alpha value is -1.26. The molecule has 0 aromatic carbocycles. The Labute approximate surface area is 116 Å². The van der Waals surface area contributed by atoms with Crippen molar-refractivity contribution in [3.63, 3.8) is 0 Å². The summed E-state index contributed by atoms with van der Waals surface area (Å²) >= 11 is 0. The zero-order valence-electron chi connectivity index (χ0n) is 12.8. The van der Waals surface area contributed by atoms with Crippen LogP contribution in [0, 0.1) is 17.8 Å². The molecule has 0 aliphatic rings. The minimum absolute atomic E-state index is 0.192. The number of nitrogens with one attached hydrogen (secondary N) is 1. The lowest BCUT2D eigenvalue weighted by Crippen LogP contribution is -2.42. The molecule has 0 aliphatic carbocycles. The first-order valence-corrected chi connectivity index (χ1v) is 6.99. The van der Waals surface area contributed by atoms with Crippen molar-refractivity contribution in [2.24, 2.45) is 17.8 Å². The second kappa shape index (κ2) is 8.77. The zero-order chi connectivity index (χ0) is 15.0. The second-order valence-electron chi connectivity index (χ2n) is 5.74. The van der Waals surface area contributed by atoms with Crippen molar-refractivity contribution in [3.05, 3.63) is 0 Å². The summed E-state index contributed by atoms with van der Waals surface area (Å²) in [5.41, 5.74) is 0. The van der Waals surface area contributed by atoms with E-state index in [9.17, 15) is 9.59 Å². The van der Waals surface area contributed by atoms with E-state index in [1.807, 2.05) is 13.8 Å². The van der Waals surface area contributed by atoms with E-state index in [-0.39, 0.29) is 12.6 Å². The smallest absolute Gasteiger partial charge is 0.317 e. The van der Waals surface area contributed by atoms with Gasteiger partial charge in [0.05, 0.1) is 5.92 Å². The minimum Gasteiger partial charge on any atom is -0.481 e. The molecule has 112 valence electrons. The standard InChI is InChI=1S/C14H28N2O3/c1-6-11(4)9-16(5)14(19)15-8-12(13(17)18)7-10(2)3/h10-12H,6-9H2,1-5H3,(H,15,19)(H,17,18). The fourth-order valence-corrected chi connectivity index (χ4v) is 1.87. The summed E-state index contributed by atoms with van der Waals surface area (Å²) in [6.45, 7) is 9.00. The van der Waals surface area contributed by atoms with Gasteiger partial charge in [-0.15, -0.1) is 0 Å². The molecule has 2 atom stereocenters. The first kappa shape index (κ1) is 17.7. The molecular formula is C14H28N2O3. The van der Waals surface area contributed by atoms with Crippen molar-refractivity contribution in [2.75, 3.05) is 20.1 Å². The third kappa shape index (κ3) is 7.70. The minimum atomic E-state index is -0.849. The van der Waals surface area contributed by atoms with Crippen LogP contribution in [-0.4, -0.2) is 42.1 Å². The molecule has 5 heteroatoms. The molecule has 19 heavy (non-hydrogen) atoms. The summed E-state index contributed by atoms with van der Waals surface area (Å²) < 4.78 is 0. The molecule has 5 nitrogen and oxygen atoms in total. The van der Waals surface area contributed by atoms with Gasteiger partial charge in [0.2, 0.25) is 0 Å². The van der Waals surface area contributed by atoms with Gasteiger partial charge >= 0.3 is 12.0 Å². The van der Waals surface area contributed by atoms with Gasteiger partial charge in [0.1, 0.15) is 0 Å². The first-order valence-electron chi connectivity index (χ1n) is 6.99. The Morgan fingerprint density at radius 2 is 1.84 bits per heavy atom. The van der Waals surface area contributed by atoms with E-state index in [4.69, 9.17) is 5.11 Å². The van der Waals surface area contributed by atoms with Gasteiger partial charge in [0.25, 0.3) is 0 Å². The van der Waals surface area contributed by atoms with Crippen LogP contribution in [0.4, 0.5) is 4.79 Å². The van der Waals surface area contributed by atoms with Gasteiger partial charge in [-0.25, -0.2) is 4.79 Å². The van der Waals surface area contributed by atoms with Crippen LogP contribution in [0.1, 0.15) is 40.5 Å². The van der Waals surface area contributed by atoms with Crippen molar-refractivity contribution < 1.29 is 14.7 Å². The fraction of sp³-hybridized carbons (Fsp3) is 0.857. The number of carbonyl (C=O) groups is 2. The first-order chi connectivity index (χ1) is 8.77. The van der Waals surface area contributed by atoms with Crippen LogP contribution >= 0.6 is 0 Å². The summed E-state index contributed by atoms with van der Waals surface area (Å²) in [5.74, 6) is -0.614. The Bertz CT molecular complexity index is 292. The molecule has 0 bridgehead atoms. The third-order valence-electron chi connectivity index (χ3n) is 3.23. The van der Waals surface area contributed by atoms with E-state index in [1.54, 1.807) is 11.9 Å². The lowest BCUT2D eigenvalue weighted by atomic mass is 9.97. The second-order valence-corrected chi connectivity index (χ2v) is 5.74. The zero-order valence-corrected chi connectivity index (χ0v) is 12.8. The van der Waals surface area contributed by atoms with E-state index in [0.29, 0.717) is 24.8 Å². The molecular weight excluding hydrogens is 244 g/mol. The number of amides is 2. The van der Waals surface area contributed by atoms with Gasteiger partial charge in [-0.3, -0.25) is 4.79 Å². The number of nitrogens with zero attached hydrogens (tertiary/aromatic N) is 1. The van der Waals surface area contributed by atoms with Gasteiger partial charge in [0.15, 0.2) is 0 Å². The number of hydrogen-bond donors (Lipinski definition) is 2. The molecule has 0 fully saturated rings. The Balaban J connectivity index is 4.20. The number of carboxylic acid groups (broad SMARTS) is 1. The summed E-state index contributed by atoms with van der Waals surface area (Å²) in [7, 11) is 1.74. The monoisotopic (exact) mass is 272 g/mol. The lowest BCUT2D eigenvalue weighted by molar-refractivity contribution is -0.142. The van der Waals surface area contributed by atoms with Gasteiger partial charge in [-0.1, -0.05) is 34.1 Å². The van der Waals surface area contributed by atoms with Gasteiger partial charge in [-0.05, 0) is 18.3 Å². The Kier molecular flexibility index (Phi) is 8.19. The number of urea groups is 1. The Morgan fingerprint density at radius 3 is 2.26 bits per heavy atom. The molecule has 0 saturated heterocycles. The number of carbonyl (C=O) groups excluding carboxylic acids is 1. The van der Waals surface area contributed by atoms with E-state index >= 15 is 0 Å². The van der Waals surface area contributed by atoms with Crippen LogP contribution in [0.15, 0.2) is 0 Å². The summed E-state index contributed by atoms with van der Waals surface area (Å²) in [6, 6.07) is -0.199. The third-order valence-corrected chi connectivity index (χ3v) is 3.23. The predicted molar refractivity (Wildman–Crippen MR) is 76.1 cm³/mol. The van der Waals surface area contributed by atoms with E-state index in [1.165, 1.54) is 0 Å². The topological polar surface area (TPSA) is 69.6 Å². The number of aliphatic carboxylic acids is 1. The lowest BCUT2D eigenvalue weighted by Gasteiger charge is -2.22. The molecule has 0 aromatic rings. The molecule has 0 rings (SSSR count). The van der Waals surface area contributed by atoms with Crippen molar-refractivity contribution >= 4 is 12.0 Å². The summed E-state index contributed by atoms with van der Waals surface area (Å²) in [4.78, 5) is 24.5. The van der Waals surface area contributed by atoms with Crippen molar-refractivity contribution in [1.82, 2.24) is 10.2 Å². The molecule has 0 saturated carbocycles. The molecule has 0 heterocycles. The average Bonchev–Trinajstić information content (AvgIpc) is 2.32. The van der Waals surface area contributed by atoms with E-state index in [0.717, 1.165) is 6.42 Å². The number of hydrogen-bond acceptors (Lipinski definition) is 2. The highest BCUT2D eigenvalue weighted by Crippen LogP contribution is 2.11. The quantitative estimate of drug-likeness (QED) is 0.713. The number of carboxylic acids is 1. The van der Waals surface area contributed by atoms with Crippen molar-refractivity contribution in [3.8, 4) is 0 Å². The van der Waals surface area contributed by atoms with E-state index < -0.39 is 11.9 Å². The van der Waals surface area contributed by atoms with Crippen molar-refractivity contribution in [1.29, 1.82) is 0 Å². The molecule has 0 aromatic heterocycles. The maximum absolute atomic E-state index is 11.8. The van der Waals surface area contributed by atoms with Crippen molar-refractivity contribution in [2.45, 2.75) is 40.5 Å². The maximum Gasteiger partial charge on any atom is 0.317 e. The molecule has 0 aliphatic heterocycles. The van der Waals surface area contributed by atoms with Gasteiger partial charge in [-0.2, -0.15) is 0 Å². The van der Waals surface area contributed by atoms with Gasteiger partial charge in [0, 0.05) is 20.1 Å². The molecule has 2 amide bonds. The molecule has 2 N–H and O–H groups in total. The van der Waals surface area contributed by atoms with Crippen LogP contribution in [0.25, 0.3) is 0 Å². The average molecular weight is 272 g/mol. The normalized spacial score (nSPS) is 14.0. The van der Waals surface area contributed by atoms with Crippen LogP contribution in [0.5, 0.6) is 0 Å². The van der Waals surface area contributed by atoms with Crippen LogP contribution in [0.3, 0.4) is 0 Å². The summed E-state index contributed by atoms with van der Waals surface area (Å²) in [5, 5.41) is 11.8. The molecule has 2 unspecified atom stereocenters. The SMILES string of the molecule is CCC(C)CN(C)C(=O)NCC(CC(C)C)C(=O)O.